The van der Waals surface area contributed by atoms with Crippen LogP contribution in [0.25, 0.3) is 31.8 Å². The summed E-state index contributed by atoms with van der Waals surface area (Å²) in [6.45, 7) is 7.82. The molecular formula is C46H53N7O7S3. The van der Waals surface area contributed by atoms with Gasteiger partial charge >= 0.3 is 0 Å². The molecule has 17 heteroatoms. The van der Waals surface area contributed by atoms with Gasteiger partial charge in [0.05, 0.1) is 39.8 Å². The number of fused-ring (bicyclic) bond motifs is 4. The number of allylic oxidation sites excluding steroid dienone is 1. The highest BCUT2D eigenvalue weighted by Crippen LogP contribution is 2.48. The van der Waals surface area contributed by atoms with E-state index in [-0.39, 0.29) is 31.2 Å². The molecular weight excluding hydrogens is 859 g/mol. The average molecular weight is 912 g/mol. The van der Waals surface area contributed by atoms with Gasteiger partial charge in [-0.05, 0) is 82.6 Å². The molecule has 5 aromatic rings. The van der Waals surface area contributed by atoms with Gasteiger partial charge in [-0.15, -0.1) is 11.3 Å². The largest absolute Gasteiger partial charge is 0.496 e. The number of aryl methyl sites for hydroxylation is 1. The number of ether oxygens (including phenoxy) is 2. The van der Waals surface area contributed by atoms with E-state index in [1.165, 1.54) is 22.7 Å². The first kappa shape index (κ1) is 43.1. The van der Waals surface area contributed by atoms with E-state index >= 15 is 4.79 Å². The predicted octanol–water partition coefficient (Wildman–Crippen LogP) is 7.63. The molecule has 4 aliphatic rings. The number of nitrogens with one attached hydrogen (secondary N) is 3. The summed E-state index contributed by atoms with van der Waals surface area (Å²) in [6, 6.07) is 11.7. The standard InChI is InChI=1S/C46H53N7O7S3/c1-26(2)34-25-61-41(48-34)33-22-37(30-17-18-36(59-5)27(3)39(30)47-33)60-29-21-35-40(54)51-46(43(56)52-63(57,58)45(4)19-20-45)23-28(46)13-9-7-6-8-10-15-32(42(55)53(35)24-29)50-44-49-31-14-11-12-16-38(31)62-44/h9,11-14,16-18,22,25-26,28-29,32,35H,6-8,10,15,19-21,23-24H2,1-5H3,(H,49,50)(H,51,54)(H,52,56)/b13-9-/t28-,29-,32+,35+,46-/m1/s1. The van der Waals surface area contributed by atoms with Crippen molar-refractivity contribution in [3.63, 3.8) is 0 Å². The van der Waals surface area contributed by atoms with Gasteiger partial charge in [-0.25, -0.2) is 23.4 Å². The Labute approximate surface area is 375 Å². The van der Waals surface area contributed by atoms with Crippen molar-refractivity contribution in [1.82, 2.24) is 29.9 Å². The third-order valence-electron chi connectivity index (χ3n) is 13.1. The van der Waals surface area contributed by atoms with Gasteiger partial charge in [0.2, 0.25) is 21.8 Å². The Morgan fingerprint density at radius 1 is 1.05 bits per heavy atom. The van der Waals surface area contributed by atoms with Crippen molar-refractivity contribution in [3.8, 4) is 22.2 Å². The minimum Gasteiger partial charge on any atom is -0.496 e. The van der Waals surface area contributed by atoms with E-state index in [4.69, 9.17) is 24.4 Å². The molecule has 0 radical (unpaired) electrons. The van der Waals surface area contributed by atoms with Gasteiger partial charge in [-0.3, -0.25) is 19.1 Å². The maximum Gasteiger partial charge on any atom is 0.259 e. The van der Waals surface area contributed by atoms with Gasteiger partial charge < -0.3 is 25.0 Å². The molecule has 2 saturated carbocycles. The third kappa shape index (κ3) is 8.39. The van der Waals surface area contributed by atoms with E-state index in [1.54, 1.807) is 18.9 Å². The molecule has 2 aliphatic heterocycles. The monoisotopic (exact) mass is 911 g/mol. The number of hydrogen-bond donors (Lipinski definition) is 3. The molecule has 1 saturated heterocycles. The van der Waals surface area contributed by atoms with Gasteiger partial charge in [0.25, 0.3) is 5.91 Å². The molecule has 2 aliphatic carbocycles. The number of nitrogens with zero attached hydrogens (tertiary/aromatic N) is 4. The number of pyridine rings is 1. The quantitative estimate of drug-likeness (QED) is 0.117. The number of anilines is 1. The number of rotatable bonds is 10. The summed E-state index contributed by atoms with van der Waals surface area (Å²) in [5.41, 5.74) is 2.43. The first-order valence-corrected chi connectivity index (χ1v) is 25.0. The van der Waals surface area contributed by atoms with Crippen LogP contribution in [-0.2, 0) is 24.4 Å². The Bertz CT molecular complexity index is 2710. The third-order valence-corrected chi connectivity index (χ3v) is 17.1. The smallest absolute Gasteiger partial charge is 0.259 e. The van der Waals surface area contributed by atoms with Crippen LogP contribution in [0, 0.1) is 12.8 Å². The highest BCUT2D eigenvalue weighted by atomic mass is 32.2. The second-order valence-corrected chi connectivity index (χ2v) is 22.0. The molecule has 332 valence electrons. The fraction of sp³-hybridized carbons (Fsp3) is 0.478. The summed E-state index contributed by atoms with van der Waals surface area (Å²) < 4.78 is 41.5. The lowest BCUT2D eigenvalue weighted by atomic mass is 10.1. The van der Waals surface area contributed by atoms with Crippen molar-refractivity contribution in [2.45, 2.75) is 120 Å². The normalized spacial score (nSPS) is 25.4. The van der Waals surface area contributed by atoms with Crippen molar-refractivity contribution in [3.05, 3.63) is 71.3 Å². The molecule has 2 aromatic carbocycles. The molecule has 3 aromatic heterocycles. The van der Waals surface area contributed by atoms with E-state index < -0.39 is 56.2 Å². The van der Waals surface area contributed by atoms with Gasteiger partial charge in [-0.1, -0.05) is 62.3 Å². The van der Waals surface area contributed by atoms with Crippen LogP contribution < -0.4 is 24.8 Å². The Hall–Kier alpha value is -5.13. The Morgan fingerprint density at radius 2 is 1.86 bits per heavy atom. The molecule has 9 rings (SSSR count). The van der Waals surface area contributed by atoms with Gasteiger partial charge in [0.15, 0.2) is 5.13 Å². The van der Waals surface area contributed by atoms with Crippen LogP contribution in [0.3, 0.4) is 0 Å². The molecule has 0 unspecified atom stereocenters. The van der Waals surface area contributed by atoms with Crippen LogP contribution in [0.15, 0.2) is 60.0 Å². The van der Waals surface area contributed by atoms with Crippen LogP contribution in [0.2, 0.25) is 0 Å². The van der Waals surface area contributed by atoms with E-state index in [9.17, 15) is 18.0 Å². The SMILES string of the molecule is COc1ccc2c(O[C@@H]3C[C@H]4C(=O)N[C@]5(C(=O)NS(=O)(=O)C6(C)CC6)C[C@H]5/C=C\CCCCC[C@H](Nc5nc6ccccc6s5)C(=O)N4C3)cc(-c3nc(C(C)C)cs3)nc2c1C. The van der Waals surface area contributed by atoms with Crippen LogP contribution >= 0.6 is 22.7 Å². The van der Waals surface area contributed by atoms with Crippen molar-refractivity contribution < 1.29 is 32.3 Å². The number of carbonyl (C=O) groups is 3. The van der Waals surface area contributed by atoms with Crippen molar-refractivity contribution in [2.75, 3.05) is 19.0 Å². The fourth-order valence-corrected chi connectivity index (χ4v) is 11.9. The average Bonchev–Trinajstić information content (AvgIpc) is 3.90. The van der Waals surface area contributed by atoms with Crippen LogP contribution in [0.4, 0.5) is 5.13 Å². The maximum absolute atomic E-state index is 15.1. The van der Waals surface area contributed by atoms with Crippen molar-refractivity contribution >= 4 is 76.7 Å². The zero-order valence-electron chi connectivity index (χ0n) is 36.1. The number of thiazole rings is 2. The van der Waals surface area contributed by atoms with Gasteiger partial charge in [-0.2, -0.15) is 0 Å². The number of amides is 3. The van der Waals surface area contributed by atoms with Crippen LogP contribution in [0.1, 0.15) is 95.7 Å². The summed E-state index contributed by atoms with van der Waals surface area (Å²) in [4.78, 5) is 60.3. The van der Waals surface area contributed by atoms with Crippen molar-refractivity contribution in [2.24, 2.45) is 5.92 Å². The highest BCUT2D eigenvalue weighted by molar-refractivity contribution is 7.91. The Balaban J connectivity index is 1.07. The molecule has 63 heavy (non-hydrogen) atoms. The van der Waals surface area contributed by atoms with E-state index in [2.05, 4.69) is 29.2 Å². The Morgan fingerprint density at radius 3 is 2.60 bits per heavy atom. The maximum atomic E-state index is 15.1. The summed E-state index contributed by atoms with van der Waals surface area (Å²) in [5, 5.41) is 10.6. The van der Waals surface area contributed by atoms with Gasteiger partial charge in [0.1, 0.15) is 45.9 Å². The molecule has 14 nitrogen and oxygen atoms in total. The van der Waals surface area contributed by atoms with Crippen molar-refractivity contribution in [1.29, 1.82) is 0 Å². The summed E-state index contributed by atoms with van der Waals surface area (Å²) in [5.74, 6) is -0.579. The second kappa shape index (κ2) is 16.8. The minimum atomic E-state index is -3.99. The molecule has 3 fully saturated rings. The molecule has 3 N–H and O–H groups in total. The lowest BCUT2D eigenvalue weighted by Gasteiger charge is -2.30. The number of hydrogen-bond acceptors (Lipinski definition) is 13. The molecule has 5 heterocycles. The molecule has 0 bridgehead atoms. The van der Waals surface area contributed by atoms with E-state index in [0.717, 1.165) is 57.6 Å². The number of para-hydroxylation sites is 1. The van der Waals surface area contributed by atoms with E-state index in [0.29, 0.717) is 47.1 Å². The van der Waals surface area contributed by atoms with Gasteiger partial charge in [0, 0.05) is 34.7 Å². The first-order valence-electron chi connectivity index (χ1n) is 21.8. The second-order valence-electron chi connectivity index (χ2n) is 17.9. The lowest BCUT2D eigenvalue weighted by molar-refractivity contribution is -0.140. The number of methoxy groups -OCH3 is 1. The molecule has 0 spiro atoms. The topological polar surface area (TPSA) is 182 Å². The zero-order valence-corrected chi connectivity index (χ0v) is 38.6. The zero-order chi connectivity index (χ0) is 44.3. The lowest BCUT2D eigenvalue weighted by Crippen LogP contribution is -2.58. The van der Waals surface area contributed by atoms with Crippen LogP contribution in [-0.4, -0.2) is 88.1 Å². The highest BCUT2D eigenvalue weighted by Gasteiger charge is 2.63. The first-order chi connectivity index (χ1) is 30.2. The summed E-state index contributed by atoms with van der Waals surface area (Å²) in [7, 11) is -2.37. The molecule has 5 atom stereocenters. The summed E-state index contributed by atoms with van der Waals surface area (Å²) >= 11 is 2.97. The summed E-state index contributed by atoms with van der Waals surface area (Å²) in [6.07, 6.45) is 8.26. The minimum absolute atomic E-state index is 0.0766. The number of aromatic nitrogens is 3. The number of sulfonamides is 1. The molecule has 3 amide bonds. The predicted molar refractivity (Wildman–Crippen MR) is 246 cm³/mol. The number of carbonyl (C=O) groups excluding carboxylic acids is 3. The van der Waals surface area contributed by atoms with Crippen LogP contribution in [0.5, 0.6) is 11.5 Å². The van der Waals surface area contributed by atoms with E-state index in [1.807, 2.05) is 66.9 Å². The Kier molecular flexibility index (Phi) is 11.5. The number of benzene rings is 2. The fourth-order valence-electron chi connectivity index (χ4n) is 8.69.